The molecule has 0 radical (unpaired) electrons. The summed E-state index contributed by atoms with van der Waals surface area (Å²) in [4.78, 5) is 27.4. The third kappa shape index (κ3) is 5.65. The maximum absolute atomic E-state index is 14.1. The number of nitrogens with one attached hydrogen (secondary N) is 1. The average molecular weight is 384 g/mol. The van der Waals surface area contributed by atoms with Gasteiger partial charge in [-0.1, -0.05) is 56.3 Å². The molecule has 1 N–H and O–H groups in total. The average Bonchev–Trinajstić information content (AvgIpc) is 2.69. The highest BCUT2D eigenvalue weighted by atomic mass is 19.1. The molecule has 0 bridgehead atoms. The van der Waals surface area contributed by atoms with Gasteiger partial charge in [-0.15, -0.1) is 0 Å². The van der Waals surface area contributed by atoms with Gasteiger partial charge in [-0.25, -0.2) is 4.39 Å². The molecule has 1 unspecified atom stereocenters. The molecule has 2 aromatic rings. The van der Waals surface area contributed by atoms with Gasteiger partial charge in [0.15, 0.2) is 0 Å². The van der Waals surface area contributed by atoms with Crippen LogP contribution in [-0.4, -0.2) is 29.3 Å². The summed E-state index contributed by atoms with van der Waals surface area (Å²) in [7, 11) is 0. The van der Waals surface area contributed by atoms with E-state index in [0.717, 1.165) is 17.5 Å². The van der Waals surface area contributed by atoms with Gasteiger partial charge in [0.25, 0.3) is 0 Å². The van der Waals surface area contributed by atoms with E-state index in [4.69, 9.17) is 0 Å². The first-order chi connectivity index (χ1) is 13.5. The van der Waals surface area contributed by atoms with Crippen LogP contribution in [0, 0.1) is 12.7 Å². The smallest absolute Gasteiger partial charge is 0.242 e. The van der Waals surface area contributed by atoms with Crippen LogP contribution in [0.4, 0.5) is 4.39 Å². The highest BCUT2D eigenvalue weighted by Gasteiger charge is 2.29. The number of aryl methyl sites for hydroxylation is 1. The number of amides is 2. The predicted octanol–water partition coefficient (Wildman–Crippen LogP) is 4.01. The van der Waals surface area contributed by atoms with Gasteiger partial charge in [-0.05, 0) is 42.5 Å². The monoisotopic (exact) mass is 384 g/mol. The van der Waals surface area contributed by atoms with Crippen LogP contribution in [0.25, 0.3) is 0 Å². The fraction of sp³-hybridized carbons (Fsp3) is 0.391. The molecular weight excluding hydrogens is 355 g/mol. The van der Waals surface area contributed by atoms with Crippen molar-refractivity contribution in [3.05, 3.63) is 71.0 Å². The molecule has 28 heavy (non-hydrogen) atoms. The Hall–Kier alpha value is -2.69. The third-order valence-corrected chi connectivity index (χ3v) is 4.84. The molecule has 0 aromatic heterocycles. The normalized spacial score (nSPS) is 11.7. The van der Waals surface area contributed by atoms with Crippen LogP contribution in [0.1, 0.15) is 43.4 Å². The van der Waals surface area contributed by atoms with Crippen molar-refractivity contribution in [1.29, 1.82) is 0 Å². The summed E-state index contributed by atoms with van der Waals surface area (Å²) in [6.07, 6.45) is 1.24. The van der Waals surface area contributed by atoms with E-state index in [1.54, 1.807) is 23.1 Å². The van der Waals surface area contributed by atoms with Crippen LogP contribution in [0.15, 0.2) is 48.5 Å². The Labute approximate surface area is 166 Å². The largest absolute Gasteiger partial charge is 0.354 e. The minimum Gasteiger partial charge on any atom is -0.354 e. The summed E-state index contributed by atoms with van der Waals surface area (Å²) >= 11 is 0. The third-order valence-electron chi connectivity index (χ3n) is 4.84. The SMILES string of the molecule is CCCNC(=O)C(CC)N(Cc1ccccc1C)C(=O)Cc1ccccc1F. The summed E-state index contributed by atoms with van der Waals surface area (Å²) < 4.78 is 14.1. The molecule has 0 saturated heterocycles. The molecule has 0 fully saturated rings. The van der Waals surface area contributed by atoms with Crippen molar-refractivity contribution in [3.63, 3.8) is 0 Å². The second-order valence-corrected chi connectivity index (χ2v) is 6.93. The van der Waals surface area contributed by atoms with Gasteiger partial charge < -0.3 is 10.2 Å². The van der Waals surface area contributed by atoms with Gasteiger partial charge in [-0.2, -0.15) is 0 Å². The quantitative estimate of drug-likeness (QED) is 0.710. The van der Waals surface area contributed by atoms with E-state index in [2.05, 4.69) is 5.32 Å². The van der Waals surface area contributed by atoms with E-state index in [1.165, 1.54) is 6.07 Å². The Balaban J connectivity index is 2.31. The lowest BCUT2D eigenvalue weighted by molar-refractivity contribution is -0.141. The van der Waals surface area contributed by atoms with Crippen molar-refractivity contribution in [3.8, 4) is 0 Å². The van der Waals surface area contributed by atoms with E-state index in [9.17, 15) is 14.0 Å². The minimum absolute atomic E-state index is 0.0733. The lowest BCUT2D eigenvalue weighted by Gasteiger charge is -2.31. The molecule has 2 aromatic carbocycles. The molecule has 0 aliphatic heterocycles. The summed E-state index contributed by atoms with van der Waals surface area (Å²) in [6.45, 7) is 6.73. The predicted molar refractivity (Wildman–Crippen MR) is 109 cm³/mol. The zero-order valence-corrected chi connectivity index (χ0v) is 16.9. The van der Waals surface area contributed by atoms with Crippen molar-refractivity contribution in [2.45, 2.75) is 52.6 Å². The maximum Gasteiger partial charge on any atom is 0.242 e. The van der Waals surface area contributed by atoms with Gasteiger partial charge in [0.2, 0.25) is 11.8 Å². The van der Waals surface area contributed by atoms with Crippen LogP contribution in [0.3, 0.4) is 0 Å². The zero-order valence-electron chi connectivity index (χ0n) is 16.9. The first-order valence-electron chi connectivity index (χ1n) is 9.83. The minimum atomic E-state index is -0.592. The Morgan fingerprint density at radius 2 is 1.68 bits per heavy atom. The van der Waals surface area contributed by atoms with Gasteiger partial charge in [0, 0.05) is 13.1 Å². The van der Waals surface area contributed by atoms with E-state index in [0.29, 0.717) is 25.1 Å². The molecule has 0 saturated carbocycles. The van der Waals surface area contributed by atoms with Crippen molar-refractivity contribution in [1.82, 2.24) is 10.2 Å². The molecule has 150 valence electrons. The highest BCUT2D eigenvalue weighted by Crippen LogP contribution is 2.18. The lowest BCUT2D eigenvalue weighted by Crippen LogP contribution is -2.49. The van der Waals surface area contributed by atoms with Crippen molar-refractivity contribution < 1.29 is 14.0 Å². The van der Waals surface area contributed by atoms with Crippen LogP contribution < -0.4 is 5.32 Å². The van der Waals surface area contributed by atoms with Gasteiger partial charge in [0.1, 0.15) is 11.9 Å². The van der Waals surface area contributed by atoms with E-state index >= 15 is 0 Å². The van der Waals surface area contributed by atoms with Crippen LogP contribution in [0.5, 0.6) is 0 Å². The Morgan fingerprint density at radius 1 is 1.04 bits per heavy atom. The standard InChI is InChI=1S/C23H29FN2O2/c1-4-14-25-23(28)21(5-2)26(16-19-12-7-6-10-17(19)3)22(27)15-18-11-8-9-13-20(18)24/h6-13,21H,4-5,14-16H2,1-3H3,(H,25,28). The number of hydrogen-bond donors (Lipinski definition) is 1. The zero-order chi connectivity index (χ0) is 20.5. The summed E-state index contributed by atoms with van der Waals surface area (Å²) in [5, 5.41) is 2.89. The molecule has 0 aliphatic carbocycles. The molecule has 0 spiro atoms. The second-order valence-electron chi connectivity index (χ2n) is 6.93. The van der Waals surface area contributed by atoms with Crippen molar-refractivity contribution >= 4 is 11.8 Å². The fourth-order valence-corrected chi connectivity index (χ4v) is 3.16. The van der Waals surface area contributed by atoms with Crippen molar-refractivity contribution in [2.75, 3.05) is 6.54 Å². The van der Waals surface area contributed by atoms with Crippen LogP contribution >= 0.6 is 0 Å². The highest BCUT2D eigenvalue weighted by molar-refractivity contribution is 5.88. The topological polar surface area (TPSA) is 49.4 Å². The van der Waals surface area contributed by atoms with E-state index in [-0.39, 0.29) is 18.2 Å². The second kappa shape index (κ2) is 10.6. The number of benzene rings is 2. The molecule has 2 amide bonds. The number of halogens is 1. The molecule has 1 atom stereocenters. The maximum atomic E-state index is 14.1. The molecule has 0 aliphatic rings. The molecule has 4 nitrogen and oxygen atoms in total. The first-order valence-corrected chi connectivity index (χ1v) is 9.83. The Morgan fingerprint density at radius 3 is 2.29 bits per heavy atom. The first kappa shape index (κ1) is 21.6. The number of rotatable bonds is 9. The number of carbonyl (C=O) groups is 2. The lowest BCUT2D eigenvalue weighted by atomic mass is 10.0. The van der Waals surface area contributed by atoms with Gasteiger partial charge in [0.05, 0.1) is 6.42 Å². The van der Waals surface area contributed by atoms with Crippen LogP contribution in [0.2, 0.25) is 0 Å². The molecule has 5 heteroatoms. The van der Waals surface area contributed by atoms with E-state index in [1.807, 2.05) is 45.0 Å². The van der Waals surface area contributed by atoms with Crippen LogP contribution in [-0.2, 0) is 22.6 Å². The van der Waals surface area contributed by atoms with E-state index < -0.39 is 11.9 Å². The molecular formula is C23H29FN2O2. The number of carbonyl (C=O) groups excluding carboxylic acids is 2. The Bertz CT molecular complexity index is 807. The van der Waals surface area contributed by atoms with Gasteiger partial charge >= 0.3 is 0 Å². The number of hydrogen-bond acceptors (Lipinski definition) is 2. The summed E-state index contributed by atoms with van der Waals surface area (Å²) in [6, 6.07) is 13.5. The number of nitrogens with zero attached hydrogens (tertiary/aromatic N) is 1. The molecule has 2 rings (SSSR count). The summed E-state index contributed by atoms with van der Waals surface area (Å²) in [5.74, 6) is -0.832. The van der Waals surface area contributed by atoms with Gasteiger partial charge in [-0.3, -0.25) is 9.59 Å². The summed E-state index contributed by atoms with van der Waals surface area (Å²) in [5.41, 5.74) is 2.37. The Kier molecular flexibility index (Phi) is 8.18. The van der Waals surface area contributed by atoms with Crippen molar-refractivity contribution in [2.24, 2.45) is 0 Å². The fourth-order valence-electron chi connectivity index (χ4n) is 3.16. The molecule has 0 heterocycles.